The molecule has 15 heavy (non-hydrogen) atoms. The van der Waals surface area contributed by atoms with E-state index in [-0.39, 0.29) is 12.1 Å². The van der Waals surface area contributed by atoms with Crippen molar-refractivity contribution in [2.75, 3.05) is 19.6 Å². The third kappa shape index (κ3) is 3.61. The van der Waals surface area contributed by atoms with Crippen molar-refractivity contribution in [3.63, 3.8) is 0 Å². The zero-order valence-corrected chi connectivity index (χ0v) is 8.62. The molecular formula is C9H16F4N2. The second-order valence-electron chi connectivity index (χ2n) is 4.26. The first-order valence-electron chi connectivity index (χ1n) is 4.97. The lowest BCUT2D eigenvalue weighted by Gasteiger charge is -2.26. The van der Waals surface area contributed by atoms with Gasteiger partial charge in [-0.05, 0) is 26.3 Å². The number of hydrogen-bond acceptors (Lipinski definition) is 2. The van der Waals surface area contributed by atoms with Gasteiger partial charge in [-0.25, -0.2) is 8.78 Å². The molecule has 0 radical (unpaired) electrons. The van der Waals surface area contributed by atoms with Crippen LogP contribution in [0.3, 0.4) is 0 Å². The first-order chi connectivity index (χ1) is 6.86. The molecule has 1 aliphatic rings. The molecule has 1 unspecified atom stereocenters. The van der Waals surface area contributed by atoms with E-state index in [2.05, 4.69) is 10.6 Å². The Morgan fingerprint density at radius 1 is 1.47 bits per heavy atom. The highest BCUT2D eigenvalue weighted by atomic mass is 19.3. The first-order valence-corrected chi connectivity index (χ1v) is 4.97. The Balaban J connectivity index is 2.26. The molecule has 2 nitrogen and oxygen atoms in total. The van der Waals surface area contributed by atoms with Crippen LogP contribution in [-0.4, -0.2) is 37.5 Å². The fourth-order valence-electron chi connectivity index (χ4n) is 1.69. The van der Waals surface area contributed by atoms with Crippen molar-refractivity contribution in [2.45, 2.75) is 37.7 Å². The summed E-state index contributed by atoms with van der Waals surface area (Å²) >= 11 is 0. The quantitative estimate of drug-likeness (QED) is 0.699. The molecule has 0 aromatic rings. The summed E-state index contributed by atoms with van der Waals surface area (Å²) in [4.78, 5) is 0. The number of hydrogen-bond donors (Lipinski definition) is 2. The maximum Gasteiger partial charge on any atom is 0.319 e. The molecule has 0 aliphatic carbocycles. The molecule has 1 saturated heterocycles. The third-order valence-corrected chi connectivity index (χ3v) is 2.65. The number of nitrogens with one attached hydrogen (secondary N) is 2. The van der Waals surface area contributed by atoms with E-state index >= 15 is 0 Å². The molecule has 1 heterocycles. The van der Waals surface area contributed by atoms with E-state index in [0.717, 1.165) is 19.4 Å². The van der Waals surface area contributed by atoms with Crippen LogP contribution in [0.25, 0.3) is 0 Å². The molecule has 6 heteroatoms. The fraction of sp³-hybridized carbons (Fsp3) is 1.00. The molecule has 0 aromatic heterocycles. The fourth-order valence-corrected chi connectivity index (χ4v) is 1.69. The minimum Gasteiger partial charge on any atom is -0.310 e. The largest absolute Gasteiger partial charge is 0.319 e. The molecule has 0 saturated carbocycles. The van der Waals surface area contributed by atoms with Crippen LogP contribution in [0.4, 0.5) is 17.6 Å². The SMILES string of the molecule is CC1(CNCC(F)(F)C(F)F)CCCN1. The molecule has 0 amide bonds. The summed E-state index contributed by atoms with van der Waals surface area (Å²) in [5, 5.41) is 5.55. The molecule has 1 atom stereocenters. The van der Waals surface area contributed by atoms with E-state index in [1.165, 1.54) is 0 Å². The average Bonchev–Trinajstić information content (AvgIpc) is 2.51. The van der Waals surface area contributed by atoms with E-state index in [0.29, 0.717) is 0 Å². The van der Waals surface area contributed by atoms with Crippen LogP contribution in [0.2, 0.25) is 0 Å². The molecule has 2 N–H and O–H groups in total. The second kappa shape index (κ2) is 4.65. The summed E-state index contributed by atoms with van der Waals surface area (Å²) in [6, 6.07) is 0. The lowest BCUT2D eigenvalue weighted by atomic mass is 10.0. The van der Waals surface area contributed by atoms with Crippen LogP contribution in [0.1, 0.15) is 19.8 Å². The Morgan fingerprint density at radius 2 is 2.13 bits per heavy atom. The van der Waals surface area contributed by atoms with Gasteiger partial charge in [-0.15, -0.1) is 0 Å². The van der Waals surface area contributed by atoms with E-state index in [1.807, 2.05) is 6.92 Å². The Labute approximate surface area is 86.4 Å². The van der Waals surface area contributed by atoms with Gasteiger partial charge in [0.05, 0.1) is 6.54 Å². The maximum absolute atomic E-state index is 12.5. The minimum atomic E-state index is -3.94. The molecule has 1 aliphatic heterocycles. The average molecular weight is 228 g/mol. The number of rotatable bonds is 5. The summed E-state index contributed by atoms with van der Waals surface area (Å²) in [6.07, 6.45) is -1.74. The topological polar surface area (TPSA) is 24.1 Å². The van der Waals surface area contributed by atoms with Crippen molar-refractivity contribution in [3.8, 4) is 0 Å². The van der Waals surface area contributed by atoms with E-state index in [1.54, 1.807) is 0 Å². The van der Waals surface area contributed by atoms with Crippen molar-refractivity contribution in [2.24, 2.45) is 0 Å². The van der Waals surface area contributed by atoms with Crippen LogP contribution in [-0.2, 0) is 0 Å². The lowest BCUT2D eigenvalue weighted by Crippen LogP contribution is -2.49. The van der Waals surface area contributed by atoms with E-state index in [4.69, 9.17) is 0 Å². The van der Waals surface area contributed by atoms with Gasteiger partial charge in [-0.1, -0.05) is 0 Å². The second-order valence-corrected chi connectivity index (χ2v) is 4.26. The van der Waals surface area contributed by atoms with Crippen LogP contribution in [0.5, 0.6) is 0 Å². The molecular weight excluding hydrogens is 212 g/mol. The van der Waals surface area contributed by atoms with Gasteiger partial charge in [-0.2, -0.15) is 8.78 Å². The van der Waals surface area contributed by atoms with Crippen molar-refractivity contribution in [3.05, 3.63) is 0 Å². The Morgan fingerprint density at radius 3 is 2.60 bits per heavy atom. The highest BCUT2D eigenvalue weighted by Crippen LogP contribution is 2.22. The van der Waals surface area contributed by atoms with E-state index in [9.17, 15) is 17.6 Å². The molecule has 0 bridgehead atoms. The van der Waals surface area contributed by atoms with Gasteiger partial charge in [0.2, 0.25) is 0 Å². The van der Waals surface area contributed by atoms with Crippen molar-refractivity contribution in [1.82, 2.24) is 10.6 Å². The first kappa shape index (κ1) is 12.7. The van der Waals surface area contributed by atoms with Gasteiger partial charge in [0.1, 0.15) is 0 Å². The predicted octanol–water partition coefficient (Wildman–Crippen LogP) is 1.62. The zero-order valence-electron chi connectivity index (χ0n) is 8.62. The molecule has 90 valence electrons. The summed E-state index contributed by atoms with van der Waals surface area (Å²) < 4.78 is 48.6. The van der Waals surface area contributed by atoms with Gasteiger partial charge >= 0.3 is 12.3 Å². The summed E-state index contributed by atoms with van der Waals surface area (Å²) in [7, 11) is 0. The molecule has 1 rings (SSSR count). The minimum absolute atomic E-state index is 0.238. The summed E-state index contributed by atoms with van der Waals surface area (Å²) in [6.45, 7) is 2.06. The lowest BCUT2D eigenvalue weighted by molar-refractivity contribution is -0.125. The third-order valence-electron chi connectivity index (χ3n) is 2.65. The maximum atomic E-state index is 12.5. The summed E-state index contributed by atoms with van der Waals surface area (Å²) in [5.74, 6) is -3.94. The number of alkyl halides is 4. The highest BCUT2D eigenvalue weighted by molar-refractivity contribution is 4.91. The highest BCUT2D eigenvalue weighted by Gasteiger charge is 2.40. The Kier molecular flexibility index (Phi) is 3.94. The van der Waals surface area contributed by atoms with Crippen molar-refractivity contribution < 1.29 is 17.6 Å². The monoisotopic (exact) mass is 228 g/mol. The zero-order chi connectivity index (χ0) is 11.5. The smallest absolute Gasteiger partial charge is 0.310 e. The van der Waals surface area contributed by atoms with Crippen LogP contribution in [0.15, 0.2) is 0 Å². The predicted molar refractivity (Wildman–Crippen MR) is 49.5 cm³/mol. The van der Waals surface area contributed by atoms with Gasteiger partial charge in [0.15, 0.2) is 0 Å². The van der Waals surface area contributed by atoms with Gasteiger partial charge in [-0.3, -0.25) is 0 Å². The van der Waals surface area contributed by atoms with Gasteiger partial charge < -0.3 is 10.6 Å². The van der Waals surface area contributed by atoms with Gasteiger partial charge in [0.25, 0.3) is 0 Å². The van der Waals surface area contributed by atoms with Crippen molar-refractivity contribution in [1.29, 1.82) is 0 Å². The van der Waals surface area contributed by atoms with Crippen molar-refractivity contribution >= 4 is 0 Å². The Bertz CT molecular complexity index is 198. The Hall–Kier alpha value is -0.360. The van der Waals surface area contributed by atoms with E-state index < -0.39 is 18.9 Å². The molecule has 1 fully saturated rings. The van der Waals surface area contributed by atoms with Crippen LogP contribution < -0.4 is 10.6 Å². The molecule has 0 aromatic carbocycles. The standard InChI is InChI=1S/C9H16F4N2/c1-8(3-2-4-15-8)5-14-6-9(12,13)7(10)11/h7,14-15H,2-6H2,1H3. The summed E-state index contributed by atoms with van der Waals surface area (Å²) in [5.41, 5.74) is -0.238. The number of halogens is 4. The normalized spacial score (nSPS) is 27.6. The molecule has 0 spiro atoms. The van der Waals surface area contributed by atoms with Crippen LogP contribution >= 0.6 is 0 Å². The van der Waals surface area contributed by atoms with Crippen LogP contribution in [0, 0.1) is 0 Å². The van der Waals surface area contributed by atoms with Gasteiger partial charge in [0, 0.05) is 12.1 Å².